The van der Waals surface area contributed by atoms with Gasteiger partial charge in [-0.2, -0.15) is 0 Å². The Kier molecular flexibility index (Phi) is 8.18. The molecule has 0 aliphatic carbocycles. The quantitative estimate of drug-likeness (QED) is 0.148. The molecule has 3 rings (SSSR count). The first-order valence-electron chi connectivity index (χ1n) is 9.80. The second kappa shape index (κ2) is 11.1. The van der Waals surface area contributed by atoms with E-state index in [1.807, 2.05) is 0 Å². The number of nitrogens with zero attached hydrogens (tertiary/aromatic N) is 2. The summed E-state index contributed by atoms with van der Waals surface area (Å²) in [7, 11) is 0. The number of nitro benzene ring substituents is 1. The van der Waals surface area contributed by atoms with Crippen molar-refractivity contribution in [3.05, 3.63) is 73.1 Å². The Morgan fingerprint density at radius 3 is 2.53 bits per heavy atom. The summed E-state index contributed by atoms with van der Waals surface area (Å²) in [6, 6.07) is 9.81. The molecule has 1 aliphatic rings. The van der Waals surface area contributed by atoms with Crippen LogP contribution >= 0.6 is 27.7 Å². The minimum absolute atomic E-state index is 0.0700. The Labute approximate surface area is 206 Å². The van der Waals surface area contributed by atoms with Crippen LogP contribution in [0, 0.1) is 10.1 Å². The van der Waals surface area contributed by atoms with Gasteiger partial charge in [0.1, 0.15) is 5.75 Å². The number of ketones is 1. The molecule has 12 heteroatoms. The van der Waals surface area contributed by atoms with E-state index in [1.54, 1.807) is 25.1 Å². The molecule has 2 aromatic rings. The van der Waals surface area contributed by atoms with Gasteiger partial charge in [0.05, 0.1) is 23.0 Å². The van der Waals surface area contributed by atoms with E-state index in [-0.39, 0.29) is 29.4 Å². The van der Waals surface area contributed by atoms with Crippen LogP contribution in [0.4, 0.5) is 10.5 Å². The fourth-order valence-corrected chi connectivity index (χ4v) is 4.09. The van der Waals surface area contributed by atoms with Gasteiger partial charge in [-0.25, -0.2) is 4.79 Å². The number of ether oxygens (including phenoxy) is 2. The summed E-state index contributed by atoms with van der Waals surface area (Å²) in [5.41, 5.74) is 0.391. The number of thioether (sulfide) groups is 1. The molecule has 34 heavy (non-hydrogen) atoms. The maximum atomic E-state index is 12.8. The molecule has 176 valence electrons. The van der Waals surface area contributed by atoms with E-state index in [1.165, 1.54) is 30.3 Å². The molecule has 0 aromatic heterocycles. The van der Waals surface area contributed by atoms with Crippen LogP contribution in [0.15, 0.2) is 51.8 Å². The van der Waals surface area contributed by atoms with Crippen molar-refractivity contribution in [2.75, 3.05) is 19.8 Å². The summed E-state index contributed by atoms with van der Waals surface area (Å²) < 4.78 is 11.0. The van der Waals surface area contributed by atoms with Gasteiger partial charge < -0.3 is 9.47 Å². The smallest absolute Gasteiger partial charge is 0.344 e. The van der Waals surface area contributed by atoms with Crippen molar-refractivity contribution in [3.8, 4) is 5.75 Å². The molecule has 1 heterocycles. The first-order valence-corrected chi connectivity index (χ1v) is 11.4. The molecule has 0 radical (unpaired) electrons. The number of hydrogen-bond donors (Lipinski definition) is 0. The molecule has 0 atom stereocenters. The highest BCUT2D eigenvalue weighted by Crippen LogP contribution is 2.35. The maximum absolute atomic E-state index is 12.8. The summed E-state index contributed by atoms with van der Waals surface area (Å²) in [6.45, 7) is 1.04. The number of Topliss-reactive ketones (excluding diaryl/α,β-unsaturated/α-hetero) is 1. The number of rotatable bonds is 9. The third-order valence-corrected chi connectivity index (χ3v) is 5.89. The number of carbonyl (C=O) groups is 4. The lowest BCUT2D eigenvalue weighted by molar-refractivity contribution is -0.384. The average molecular weight is 549 g/mol. The number of carbonyl (C=O) groups excluding carboxylic acids is 4. The zero-order chi connectivity index (χ0) is 24.8. The van der Waals surface area contributed by atoms with Crippen molar-refractivity contribution < 1.29 is 33.6 Å². The molecule has 0 saturated carbocycles. The van der Waals surface area contributed by atoms with E-state index in [0.717, 1.165) is 4.90 Å². The molecule has 1 fully saturated rings. The summed E-state index contributed by atoms with van der Waals surface area (Å²) >= 11 is 3.99. The third-order valence-electron chi connectivity index (χ3n) is 4.48. The van der Waals surface area contributed by atoms with Crippen molar-refractivity contribution in [3.63, 3.8) is 0 Å². The van der Waals surface area contributed by atoms with Crippen LogP contribution in [0.3, 0.4) is 0 Å². The number of nitro groups is 1. The Hall–Kier alpha value is -3.51. The monoisotopic (exact) mass is 548 g/mol. The fraction of sp³-hybridized carbons (Fsp3) is 0.182. The number of imide groups is 1. The van der Waals surface area contributed by atoms with Gasteiger partial charge in [0, 0.05) is 27.7 Å². The van der Waals surface area contributed by atoms with Crippen molar-refractivity contribution in [1.29, 1.82) is 0 Å². The molecule has 1 aliphatic heterocycles. The molecule has 2 aromatic carbocycles. The summed E-state index contributed by atoms with van der Waals surface area (Å²) in [5, 5.41) is 10.1. The first-order chi connectivity index (χ1) is 16.2. The Bertz CT molecular complexity index is 1200. The van der Waals surface area contributed by atoms with Crippen molar-refractivity contribution >= 4 is 62.4 Å². The predicted octanol–water partition coefficient (Wildman–Crippen LogP) is 4.22. The van der Waals surface area contributed by atoms with Gasteiger partial charge in [-0.3, -0.25) is 29.4 Å². The summed E-state index contributed by atoms with van der Waals surface area (Å²) in [4.78, 5) is 60.4. The normalized spacial score (nSPS) is 14.4. The fourth-order valence-electron chi connectivity index (χ4n) is 2.88. The molecular formula is C22H17BrN2O8S. The van der Waals surface area contributed by atoms with Crippen LogP contribution in [0.2, 0.25) is 0 Å². The predicted molar refractivity (Wildman–Crippen MR) is 126 cm³/mol. The third kappa shape index (κ3) is 6.08. The minimum Gasteiger partial charge on any atom is -0.481 e. The lowest BCUT2D eigenvalue weighted by Gasteiger charge is -2.11. The van der Waals surface area contributed by atoms with E-state index in [4.69, 9.17) is 9.47 Å². The van der Waals surface area contributed by atoms with Gasteiger partial charge in [0.25, 0.3) is 16.8 Å². The standard InChI is InChI=1S/C22H17BrN2O8S/c1-2-32-20(27)12-33-18-8-5-15(23)9-14(18)10-19-21(28)24(22(29)34-19)11-17(26)13-3-6-16(7-4-13)25(30)31/h3-10H,2,11-12H2,1H3/b19-10+. The number of benzene rings is 2. The number of non-ortho nitro benzene ring substituents is 1. The van der Waals surface area contributed by atoms with Gasteiger partial charge >= 0.3 is 5.97 Å². The van der Waals surface area contributed by atoms with Crippen LogP contribution in [-0.4, -0.2) is 52.5 Å². The SMILES string of the molecule is CCOC(=O)COc1ccc(Br)cc1/C=C1/SC(=O)N(CC(=O)c2ccc([N+](=O)[O-])cc2)C1=O. The highest BCUT2D eigenvalue weighted by molar-refractivity contribution is 9.10. The minimum atomic E-state index is -0.665. The van der Waals surface area contributed by atoms with Crippen LogP contribution < -0.4 is 4.74 Å². The van der Waals surface area contributed by atoms with Crippen LogP contribution in [-0.2, 0) is 14.3 Å². The molecular weight excluding hydrogens is 532 g/mol. The first kappa shape index (κ1) is 25.1. The molecule has 0 spiro atoms. The van der Waals surface area contributed by atoms with E-state index in [0.29, 0.717) is 27.5 Å². The zero-order valence-corrected chi connectivity index (χ0v) is 20.1. The molecule has 2 amide bonds. The molecule has 1 saturated heterocycles. The van der Waals surface area contributed by atoms with Crippen molar-refractivity contribution in [2.45, 2.75) is 6.92 Å². The Morgan fingerprint density at radius 2 is 1.88 bits per heavy atom. The lowest BCUT2D eigenvalue weighted by atomic mass is 10.1. The van der Waals surface area contributed by atoms with E-state index in [2.05, 4.69) is 15.9 Å². The van der Waals surface area contributed by atoms with Gasteiger partial charge in [0.2, 0.25) is 0 Å². The topological polar surface area (TPSA) is 133 Å². The second-order valence-electron chi connectivity index (χ2n) is 6.77. The largest absolute Gasteiger partial charge is 0.481 e. The summed E-state index contributed by atoms with van der Waals surface area (Å²) in [6.07, 6.45) is 1.44. The van der Waals surface area contributed by atoms with Gasteiger partial charge in [-0.1, -0.05) is 15.9 Å². The van der Waals surface area contributed by atoms with Crippen molar-refractivity contribution in [1.82, 2.24) is 4.90 Å². The molecule has 10 nitrogen and oxygen atoms in total. The van der Waals surface area contributed by atoms with Crippen LogP contribution in [0.25, 0.3) is 6.08 Å². The number of esters is 1. The van der Waals surface area contributed by atoms with Crippen LogP contribution in [0.1, 0.15) is 22.8 Å². The number of hydrogen-bond acceptors (Lipinski definition) is 9. The Morgan fingerprint density at radius 1 is 1.18 bits per heavy atom. The molecule has 0 bridgehead atoms. The summed E-state index contributed by atoms with van der Waals surface area (Å²) in [5.74, 6) is -1.47. The number of halogens is 1. The van der Waals surface area contributed by atoms with Gasteiger partial charge in [0.15, 0.2) is 12.4 Å². The molecule has 0 unspecified atom stereocenters. The van der Waals surface area contributed by atoms with E-state index >= 15 is 0 Å². The van der Waals surface area contributed by atoms with Gasteiger partial charge in [-0.05, 0) is 55.1 Å². The van der Waals surface area contributed by atoms with E-state index < -0.39 is 34.4 Å². The van der Waals surface area contributed by atoms with Gasteiger partial charge in [-0.15, -0.1) is 0 Å². The zero-order valence-electron chi connectivity index (χ0n) is 17.7. The highest BCUT2D eigenvalue weighted by Gasteiger charge is 2.36. The second-order valence-corrected chi connectivity index (χ2v) is 8.68. The molecule has 0 N–H and O–H groups in total. The van der Waals surface area contributed by atoms with Crippen molar-refractivity contribution in [2.24, 2.45) is 0 Å². The van der Waals surface area contributed by atoms with E-state index in [9.17, 15) is 29.3 Å². The maximum Gasteiger partial charge on any atom is 0.344 e. The van der Waals surface area contributed by atoms with Crippen LogP contribution in [0.5, 0.6) is 5.75 Å². The highest BCUT2D eigenvalue weighted by atomic mass is 79.9. The lowest BCUT2D eigenvalue weighted by Crippen LogP contribution is -2.33. The average Bonchev–Trinajstić information content (AvgIpc) is 3.06. The number of amides is 2. The Balaban J connectivity index is 1.76.